The Bertz CT molecular complexity index is 2180. The lowest BCUT2D eigenvalue weighted by atomic mass is 9.89. The molecule has 47 heavy (non-hydrogen) atoms. The maximum atomic E-state index is 9.82. The van der Waals surface area contributed by atoms with Crippen LogP contribution in [-0.4, -0.2) is 20.1 Å². The molecule has 5 nitrogen and oxygen atoms in total. The Labute approximate surface area is 279 Å². The summed E-state index contributed by atoms with van der Waals surface area (Å²) in [6.45, 7) is 0.767. The average Bonchev–Trinajstić information content (AvgIpc) is 3.12. The van der Waals surface area contributed by atoms with Crippen LogP contribution in [0.4, 0.5) is 0 Å². The van der Waals surface area contributed by atoms with E-state index in [0.717, 1.165) is 72.5 Å². The van der Waals surface area contributed by atoms with Crippen molar-refractivity contribution in [3.63, 3.8) is 0 Å². The number of aliphatic hydroxyl groups is 1. The number of rotatable bonds is 11. The summed E-state index contributed by atoms with van der Waals surface area (Å²) in [4.78, 5) is 9.44. The molecule has 0 atom stereocenters. The minimum Gasteiger partial charge on any atom is -0.502 e. The summed E-state index contributed by atoms with van der Waals surface area (Å²) in [5, 5.41) is 12.0. The predicted octanol–water partition coefficient (Wildman–Crippen LogP) is 10.1. The number of pyridine rings is 2. The van der Waals surface area contributed by atoms with Crippen LogP contribution in [0.5, 0.6) is 11.5 Å². The number of ether oxygens (including phenoxy) is 2. The van der Waals surface area contributed by atoms with Crippen molar-refractivity contribution in [1.29, 1.82) is 0 Å². The van der Waals surface area contributed by atoms with E-state index < -0.39 is 0 Å². The van der Waals surface area contributed by atoms with Crippen LogP contribution in [0.2, 0.25) is 0 Å². The number of aliphatic hydroxyl groups excluding tert-OH is 1. The Kier molecular flexibility index (Phi) is 8.84. The number of hydrogen-bond donors (Lipinski definition) is 1. The summed E-state index contributed by atoms with van der Waals surface area (Å²) in [6.07, 6.45) is 1.05. The number of aromatic nitrogens is 2. The Morgan fingerprint density at radius 2 is 1.09 bits per heavy atom. The monoisotopic (exact) mass is 632 g/mol. The number of hydrogen-bond acceptors (Lipinski definition) is 5. The maximum absolute atomic E-state index is 9.82. The molecule has 0 aliphatic rings. The van der Waals surface area contributed by atoms with E-state index in [1.54, 1.807) is 0 Å². The summed E-state index contributed by atoms with van der Waals surface area (Å²) < 4.78 is 12.2. The van der Waals surface area contributed by atoms with Gasteiger partial charge < -0.3 is 14.6 Å². The highest BCUT2D eigenvalue weighted by Gasteiger charge is 2.14. The molecule has 7 rings (SSSR count). The normalized spacial score (nSPS) is 11.1. The van der Waals surface area contributed by atoms with Crippen molar-refractivity contribution in [1.82, 2.24) is 9.97 Å². The molecule has 0 aliphatic carbocycles. The number of nitrogens with zero attached hydrogens (tertiary/aromatic N) is 2. The zero-order valence-corrected chi connectivity index (χ0v) is 26.5. The molecule has 0 unspecified atom stereocenters. The van der Waals surface area contributed by atoms with E-state index in [1.165, 1.54) is 0 Å². The lowest BCUT2D eigenvalue weighted by molar-refractivity contribution is 0.302. The van der Waals surface area contributed by atoms with E-state index in [1.807, 2.05) is 72.8 Å². The van der Waals surface area contributed by atoms with Crippen LogP contribution >= 0.6 is 12.2 Å². The molecule has 5 aromatic carbocycles. The Hall–Kier alpha value is -5.59. The second-order valence-electron chi connectivity index (χ2n) is 11.4. The van der Waals surface area contributed by atoms with Gasteiger partial charge >= 0.3 is 0 Å². The van der Waals surface area contributed by atoms with Crippen molar-refractivity contribution in [2.45, 2.75) is 26.1 Å². The van der Waals surface area contributed by atoms with Gasteiger partial charge in [0.15, 0.2) is 5.05 Å². The molecule has 2 heterocycles. The molecule has 0 spiro atoms. The van der Waals surface area contributed by atoms with Crippen LogP contribution in [0.1, 0.15) is 23.4 Å². The summed E-state index contributed by atoms with van der Waals surface area (Å²) in [5.74, 6) is 1.54. The highest BCUT2D eigenvalue weighted by Crippen LogP contribution is 2.37. The molecule has 0 saturated heterocycles. The Balaban J connectivity index is 1.10. The quantitative estimate of drug-likeness (QED) is 0.143. The molecule has 0 radical (unpaired) electrons. The van der Waals surface area contributed by atoms with Gasteiger partial charge in [0.2, 0.25) is 0 Å². The van der Waals surface area contributed by atoms with Gasteiger partial charge in [-0.3, -0.25) is 0 Å². The molecule has 230 valence electrons. The van der Waals surface area contributed by atoms with Crippen molar-refractivity contribution in [2.24, 2.45) is 0 Å². The largest absolute Gasteiger partial charge is 0.502 e. The lowest BCUT2D eigenvalue weighted by Gasteiger charge is -2.17. The Morgan fingerprint density at radius 1 is 0.553 bits per heavy atom. The second-order valence-corrected chi connectivity index (χ2v) is 11.8. The molecule has 0 amide bonds. The van der Waals surface area contributed by atoms with E-state index in [9.17, 15) is 5.11 Å². The molecule has 1 N–H and O–H groups in total. The molecule has 0 saturated carbocycles. The highest BCUT2D eigenvalue weighted by molar-refractivity contribution is 7.80. The first-order chi connectivity index (χ1) is 23.1. The van der Waals surface area contributed by atoms with Crippen LogP contribution in [0, 0.1) is 0 Å². The van der Waals surface area contributed by atoms with Gasteiger partial charge in [-0.05, 0) is 95.0 Å². The summed E-state index contributed by atoms with van der Waals surface area (Å²) in [6, 6.07) is 46.9. The fourth-order valence-electron chi connectivity index (χ4n) is 5.77. The lowest BCUT2D eigenvalue weighted by Crippen LogP contribution is -2.00. The smallest absolute Gasteiger partial charge is 0.156 e. The van der Waals surface area contributed by atoms with Crippen LogP contribution in [0.15, 0.2) is 140 Å². The molecule has 6 heteroatoms. The van der Waals surface area contributed by atoms with E-state index in [-0.39, 0.29) is 5.05 Å². The van der Waals surface area contributed by atoms with Gasteiger partial charge in [-0.1, -0.05) is 91.0 Å². The van der Waals surface area contributed by atoms with E-state index >= 15 is 0 Å². The van der Waals surface area contributed by atoms with Crippen molar-refractivity contribution >= 4 is 39.1 Å². The maximum Gasteiger partial charge on any atom is 0.156 e. The fraction of sp³-hybridized carbons (Fsp3) is 0.0976. The van der Waals surface area contributed by atoms with Gasteiger partial charge in [0.05, 0.1) is 22.4 Å². The van der Waals surface area contributed by atoms with E-state index in [0.29, 0.717) is 26.1 Å². The van der Waals surface area contributed by atoms with Crippen molar-refractivity contribution in [2.75, 3.05) is 0 Å². The van der Waals surface area contributed by atoms with Gasteiger partial charge in [0.25, 0.3) is 0 Å². The second kappa shape index (κ2) is 13.8. The number of fused-ring (bicyclic) bond motifs is 2. The summed E-state index contributed by atoms with van der Waals surface area (Å²) >= 11 is 5.01. The van der Waals surface area contributed by atoms with Crippen molar-refractivity contribution in [3.05, 3.63) is 156 Å². The van der Waals surface area contributed by atoms with Gasteiger partial charge in [0.1, 0.15) is 24.7 Å². The topological polar surface area (TPSA) is 64.5 Å². The third-order valence-electron chi connectivity index (χ3n) is 8.15. The van der Waals surface area contributed by atoms with E-state index in [4.69, 9.17) is 31.7 Å². The van der Waals surface area contributed by atoms with Gasteiger partial charge in [-0.2, -0.15) is 0 Å². The predicted molar refractivity (Wildman–Crippen MR) is 193 cm³/mol. The highest BCUT2D eigenvalue weighted by atomic mass is 32.1. The van der Waals surface area contributed by atoms with Gasteiger partial charge in [-0.25, -0.2) is 9.97 Å². The summed E-state index contributed by atoms with van der Waals surface area (Å²) in [5.41, 5.74) is 9.08. The molecular weight excluding hydrogens is 601 g/mol. The number of aryl methyl sites for hydroxylation is 1. The Morgan fingerprint density at radius 3 is 1.64 bits per heavy atom. The third-order valence-corrected chi connectivity index (χ3v) is 8.36. The van der Waals surface area contributed by atoms with Crippen molar-refractivity contribution in [3.8, 4) is 33.8 Å². The number of para-hydroxylation sites is 2. The first-order valence-electron chi connectivity index (χ1n) is 15.6. The van der Waals surface area contributed by atoms with Gasteiger partial charge in [-0.15, -0.1) is 0 Å². The minimum atomic E-state index is 0.00908. The third kappa shape index (κ3) is 7.13. The average molecular weight is 633 g/mol. The number of benzene rings is 5. The first-order valence-corrected chi connectivity index (χ1v) is 16.0. The van der Waals surface area contributed by atoms with Gasteiger partial charge in [0, 0.05) is 17.2 Å². The standard InChI is InChI=1S/C41H32N2O3S/c44-40(47)25-18-31-8-5-9-37(28-14-21-35(22-15-28)45-26-33-19-12-29-6-1-3-10-38(29)42-33)41(31)32-16-23-36(24-17-32)46-27-34-20-13-30-7-2-4-11-39(30)43-34/h1-17,19-24H,18,25-27H2,(H,44,47). The number of thiocarbonyl (C=S) groups is 1. The SMILES string of the molecule is OC(=S)CCc1cccc(-c2ccc(OCc3ccc4ccccc4n3)cc2)c1-c1ccc(OCc2ccc3ccccc3n2)cc1. The molecule has 0 aliphatic heterocycles. The molecule has 7 aromatic rings. The van der Waals surface area contributed by atoms with E-state index in [2.05, 4.69) is 66.7 Å². The van der Waals surface area contributed by atoms with Crippen molar-refractivity contribution < 1.29 is 14.6 Å². The summed E-state index contributed by atoms with van der Waals surface area (Å²) in [7, 11) is 0. The first kappa shape index (κ1) is 30.1. The van der Waals surface area contributed by atoms with Crippen LogP contribution in [0.25, 0.3) is 44.1 Å². The molecule has 2 aromatic heterocycles. The van der Waals surface area contributed by atoms with Crippen LogP contribution in [0.3, 0.4) is 0 Å². The zero-order valence-electron chi connectivity index (χ0n) is 25.7. The van der Waals surface area contributed by atoms with Crippen LogP contribution < -0.4 is 9.47 Å². The zero-order chi connectivity index (χ0) is 32.0. The fourth-order valence-corrected chi connectivity index (χ4v) is 5.87. The molecular formula is C41H32N2O3S. The minimum absolute atomic E-state index is 0.00908. The molecule has 0 bridgehead atoms. The van der Waals surface area contributed by atoms with Crippen LogP contribution in [-0.2, 0) is 19.6 Å². The molecule has 0 fully saturated rings.